The fourth-order valence-corrected chi connectivity index (χ4v) is 3.19. The second-order valence-corrected chi connectivity index (χ2v) is 7.06. The van der Waals surface area contributed by atoms with Gasteiger partial charge < -0.3 is 10.6 Å². The Bertz CT molecular complexity index is 890. The van der Waals surface area contributed by atoms with Crippen molar-refractivity contribution in [3.8, 4) is 0 Å². The Balaban J connectivity index is 1.54. The molecule has 0 spiro atoms. The summed E-state index contributed by atoms with van der Waals surface area (Å²) >= 11 is 7.20. The minimum absolute atomic E-state index is 0.204. The summed E-state index contributed by atoms with van der Waals surface area (Å²) in [7, 11) is 0. The van der Waals surface area contributed by atoms with Gasteiger partial charge in [-0.15, -0.1) is 11.3 Å². The molecule has 0 fully saturated rings. The molecule has 8 heteroatoms. The number of hydrogen-bond acceptors (Lipinski definition) is 6. The topological polar surface area (TPSA) is 79.8 Å². The van der Waals surface area contributed by atoms with E-state index < -0.39 is 0 Å². The number of carbonyl (C=O) groups excluding carboxylic acids is 1. The first kappa shape index (κ1) is 18.3. The second-order valence-electron chi connectivity index (χ2n) is 5.77. The van der Waals surface area contributed by atoms with E-state index in [9.17, 15) is 4.79 Å². The Labute approximate surface area is 160 Å². The van der Waals surface area contributed by atoms with E-state index in [-0.39, 0.29) is 5.91 Å². The van der Waals surface area contributed by atoms with E-state index in [1.165, 1.54) is 11.3 Å². The van der Waals surface area contributed by atoms with Crippen molar-refractivity contribution in [2.24, 2.45) is 0 Å². The van der Waals surface area contributed by atoms with E-state index in [0.717, 1.165) is 23.4 Å². The van der Waals surface area contributed by atoms with Gasteiger partial charge in [0.2, 0.25) is 5.95 Å². The zero-order chi connectivity index (χ0) is 18.5. The smallest absolute Gasteiger partial charge is 0.270 e. The molecule has 0 unspecified atom stereocenters. The van der Waals surface area contributed by atoms with Crippen molar-refractivity contribution >= 4 is 39.9 Å². The summed E-state index contributed by atoms with van der Waals surface area (Å²) in [5, 5.41) is 8.91. The molecule has 6 nitrogen and oxygen atoms in total. The SMILES string of the molecule is Cc1cc(C)nc(Nc2nc(C(=O)NCCc3ccc(Cl)cc3)cs2)n1. The third-order valence-electron chi connectivity index (χ3n) is 3.55. The first-order chi connectivity index (χ1) is 12.5. The Kier molecular flexibility index (Phi) is 5.80. The van der Waals surface area contributed by atoms with Gasteiger partial charge in [0.1, 0.15) is 5.69 Å². The molecule has 26 heavy (non-hydrogen) atoms. The molecule has 0 saturated carbocycles. The number of aryl methyl sites for hydroxylation is 2. The molecule has 0 radical (unpaired) electrons. The van der Waals surface area contributed by atoms with Crippen molar-refractivity contribution in [3.05, 3.63) is 63.4 Å². The zero-order valence-electron chi connectivity index (χ0n) is 14.4. The Morgan fingerprint density at radius 2 is 1.81 bits per heavy atom. The van der Waals surface area contributed by atoms with Gasteiger partial charge in [-0.2, -0.15) is 0 Å². The number of benzene rings is 1. The highest BCUT2D eigenvalue weighted by Crippen LogP contribution is 2.19. The molecule has 0 aliphatic carbocycles. The zero-order valence-corrected chi connectivity index (χ0v) is 16.0. The minimum atomic E-state index is -0.204. The molecule has 0 atom stereocenters. The third-order valence-corrected chi connectivity index (χ3v) is 4.56. The maximum atomic E-state index is 12.2. The van der Waals surface area contributed by atoms with Crippen LogP contribution in [0.2, 0.25) is 5.02 Å². The molecule has 2 aromatic heterocycles. The molecule has 0 aliphatic heterocycles. The Morgan fingerprint density at radius 3 is 2.50 bits per heavy atom. The molecule has 0 aliphatic rings. The van der Waals surface area contributed by atoms with Crippen LogP contribution in [-0.4, -0.2) is 27.4 Å². The van der Waals surface area contributed by atoms with E-state index in [1.807, 2.05) is 44.2 Å². The van der Waals surface area contributed by atoms with Crippen LogP contribution in [0.4, 0.5) is 11.1 Å². The number of nitrogens with zero attached hydrogens (tertiary/aromatic N) is 3. The number of thiazole rings is 1. The third kappa shape index (κ3) is 5.00. The van der Waals surface area contributed by atoms with Gasteiger partial charge in [-0.05, 0) is 44.0 Å². The number of hydrogen-bond donors (Lipinski definition) is 2. The number of anilines is 2. The second kappa shape index (κ2) is 8.25. The number of aromatic nitrogens is 3. The Morgan fingerprint density at radius 1 is 1.12 bits per heavy atom. The summed E-state index contributed by atoms with van der Waals surface area (Å²) in [5.74, 6) is 0.274. The Hall–Kier alpha value is -2.51. The van der Waals surface area contributed by atoms with Gasteiger partial charge in [0.25, 0.3) is 5.91 Å². The van der Waals surface area contributed by atoms with Gasteiger partial charge in [-0.25, -0.2) is 15.0 Å². The van der Waals surface area contributed by atoms with Crippen LogP contribution in [0.25, 0.3) is 0 Å². The lowest BCUT2D eigenvalue weighted by atomic mass is 10.1. The predicted octanol–water partition coefficient (Wildman–Crippen LogP) is 3.92. The van der Waals surface area contributed by atoms with Crippen molar-refractivity contribution in [1.82, 2.24) is 20.3 Å². The summed E-state index contributed by atoms with van der Waals surface area (Å²) in [5.41, 5.74) is 3.23. The normalized spacial score (nSPS) is 10.6. The number of halogens is 1. The van der Waals surface area contributed by atoms with Crippen LogP contribution in [0.1, 0.15) is 27.4 Å². The highest BCUT2D eigenvalue weighted by atomic mass is 35.5. The van der Waals surface area contributed by atoms with E-state index >= 15 is 0 Å². The summed E-state index contributed by atoms with van der Waals surface area (Å²) in [6.07, 6.45) is 0.731. The fourth-order valence-electron chi connectivity index (χ4n) is 2.37. The van der Waals surface area contributed by atoms with Gasteiger partial charge in [0.05, 0.1) is 0 Å². The largest absolute Gasteiger partial charge is 0.350 e. The lowest BCUT2D eigenvalue weighted by Crippen LogP contribution is -2.25. The molecular formula is C18H18ClN5OS. The van der Waals surface area contributed by atoms with Crippen molar-refractivity contribution in [1.29, 1.82) is 0 Å². The highest BCUT2D eigenvalue weighted by molar-refractivity contribution is 7.14. The van der Waals surface area contributed by atoms with Crippen molar-refractivity contribution < 1.29 is 4.79 Å². The maximum absolute atomic E-state index is 12.2. The van der Waals surface area contributed by atoms with Crippen LogP contribution < -0.4 is 10.6 Å². The monoisotopic (exact) mass is 387 g/mol. The molecule has 2 N–H and O–H groups in total. The first-order valence-electron chi connectivity index (χ1n) is 8.07. The molecule has 1 aromatic carbocycles. The summed E-state index contributed by atoms with van der Waals surface area (Å²) in [4.78, 5) is 25.1. The molecule has 134 valence electrons. The average Bonchev–Trinajstić information content (AvgIpc) is 3.04. The summed E-state index contributed by atoms with van der Waals surface area (Å²) in [6, 6.07) is 9.47. The van der Waals surface area contributed by atoms with E-state index in [1.54, 1.807) is 5.38 Å². The van der Waals surface area contributed by atoms with Gasteiger partial charge >= 0.3 is 0 Å². The lowest BCUT2D eigenvalue weighted by Gasteiger charge is -2.04. The molecule has 0 bridgehead atoms. The molecule has 2 heterocycles. The maximum Gasteiger partial charge on any atom is 0.270 e. The number of nitrogens with one attached hydrogen (secondary N) is 2. The van der Waals surface area contributed by atoms with Crippen LogP contribution in [0.5, 0.6) is 0 Å². The lowest BCUT2D eigenvalue weighted by molar-refractivity contribution is 0.0950. The number of carbonyl (C=O) groups is 1. The molecule has 1 amide bonds. The number of rotatable bonds is 6. The van der Waals surface area contributed by atoms with E-state index in [2.05, 4.69) is 25.6 Å². The highest BCUT2D eigenvalue weighted by Gasteiger charge is 2.11. The van der Waals surface area contributed by atoms with Crippen LogP contribution in [0.3, 0.4) is 0 Å². The van der Waals surface area contributed by atoms with Crippen molar-refractivity contribution in [3.63, 3.8) is 0 Å². The van der Waals surface area contributed by atoms with E-state index in [0.29, 0.717) is 28.3 Å². The molecule has 0 saturated heterocycles. The van der Waals surface area contributed by atoms with Crippen LogP contribution in [0, 0.1) is 13.8 Å². The predicted molar refractivity (Wildman–Crippen MR) is 104 cm³/mol. The number of amides is 1. The first-order valence-corrected chi connectivity index (χ1v) is 9.33. The standard InChI is InChI=1S/C18H18ClN5OS/c1-11-9-12(2)22-17(21-11)24-18-23-15(10-26-18)16(25)20-8-7-13-3-5-14(19)6-4-13/h3-6,9-10H,7-8H2,1-2H3,(H,20,25)(H,21,22,23,24). The quantitative estimate of drug-likeness (QED) is 0.670. The van der Waals surface area contributed by atoms with Crippen LogP contribution in [0.15, 0.2) is 35.7 Å². The fraction of sp³-hybridized carbons (Fsp3) is 0.222. The van der Waals surface area contributed by atoms with Gasteiger partial charge in [0, 0.05) is 28.3 Å². The molecule has 3 rings (SSSR count). The van der Waals surface area contributed by atoms with Gasteiger partial charge in [0.15, 0.2) is 5.13 Å². The average molecular weight is 388 g/mol. The van der Waals surface area contributed by atoms with Crippen molar-refractivity contribution in [2.45, 2.75) is 20.3 Å². The van der Waals surface area contributed by atoms with Crippen LogP contribution in [-0.2, 0) is 6.42 Å². The van der Waals surface area contributed by atoms with Crippen molar-refractivity contribution in [2.75, 3.05) is 11.9 Å². The van der Waals surface area contributed by atoms with E-state index in [4.69, 9.17) is 11.6 Å². The van der Waals surface area contributed by atoms with Crippen LogP contribution >= 0.6 is 22.9 Å². The van der Waals surface area contributed by atoms with Gasteiger partial charge in [-0.3, -0.25) is 4.79 Å². The molecule has 3 aromatic rings. The van der Waals surface area contributed by atoms with Gasteiger partial charge in [-0.1, -0.05) is 23.7 Å². The minimum Gasteiger partial charge on any atom is -0.350 e. The summed E-state index contributed by atoms with van der Waals surface area (Å²) < 4.78 is 0. The summed E-state index contributed by atoms with van der Waals surface area (Å²) in [6.45, 7) is 4.34. The molecular weight excluding hydrogens is 370 g/mol.